The van der Waals surface area contributed by atoms with Gasteiger partial charge >= 0.3 is 0 Å². The molecule has 2 atom stereocenters. The summed E-state index contributed by atoms with van der Waals surface area (Å²) in [7, 11) is 0. The Morgan fingerprint density at radius 3 is 2.40 bits per heavy atom. The van der Waals surface area contributed by atoms with E-state index in [0.29, 0.717) is 11.8 Å². The molecule has 0 nitrogen and oxygen atoms in total. The summed E-state index contributed by atoms with van der Waals surface area (Å²) in [5.41, 5.74) is 6.07. The van der Waals surface area contributed by atoms with Crippen LogP contribution in [0.4, 0.5) is 0 Å². The molecule has 2 aliphatic rings. The topological polar surface area (TPSA) is 0 Å². The normalized spacial score (nSPS) is 25.9. The average molecular weight is 261 g/mol. The van der Waals surface area contributed by atoms with E-state index in [0.717, 1.165) is 0 Å². The van der Waals surface area contributed by atoms with Crippen LogP contribution in [-0.4, -0.2) is 0 Å². The summed E-state index contributed by atoms with van der Waals surface area (Å²) < 4.78 is 1.19. The van der Waals surface area contributed by atoms with Gasteiger partial charge in [0.1, 0.15) is 0 Å². The average Bonchev–Trinajstić information content (AvgIpc) is 2.72. The van der Waals surface area contributed by atoms with Gasteiger partial charge in [-0.2, -0.15) is 0 Å². The van der Waals surface area contributed by atoms with Gasteiger partial charge in [0.05, 0.1) is 0 Å². The van der Waals surface area contributed by atoms with Gasteiger partial charge in [-0.15, -0.1) is 0 Å². The van der Waals surface area contributed by atoms with Crippen LogP contribution in [0.2, 0.25) is 0 Å². The standard InChI is InChI=1S/C14H13Br/c1-8(2)14-11-5-6-12(14)13-7-9(15)3-4-10(11)13/h3-7,11-12H,1-2H3. The van der Waals surface area contributed by atoms with Crippen LogP contribution in [0.5, 0.6) is 0 Å². The first-order chi connectivity index (χ1) is 7.18. The lowest BCUT2D eigenvalue weighted by atomic mass is 9.97. The molecule has 2 aliphatic carbocycles. The second kappa shape index (κ2) is 3.08. The predicted molar refractivity (Wildman–Crippen MR) is 67.1 cm³/mol. The van der Waals surface area contributed by atoms with E-state index in [1.807, 2.05) is 0 Å². The Kier molecular flexibility index (Phi) is 1.93. The zero-order chi connectivity index (χ0) is 10.6. The zero-order valence-electron chi connectivity index (χ0n) is 8.92. The molecule has 0 N–H and O–H groups in total. The van der Waals surface area contributed by atoms with Gasteiger partial charge in [-0.1, -0.05) is 39.7 Å². The molecule has 15 heavy (non-hydrogen) atoms. The molecule has 3 rings (SSSR count). The summed E-state index contributed by atoms with van der Waals surface area (Å²) in [6.45, 7) is 4.45. The van der Waals surface area contributed by atoms with Crippen LogP contribution in [0.25, 0.3) is 0 Å². The quantitative estimate of drug-likeness (QED) is 0.601. The van der Waals surface area contributed by atoms with Gasteiger partial charge in [0.15, 0.2) is 0 Å². The number of halogens is 1. The number of hydrogen-bond donors (Lipinski definition) is 0. The molecule has 0 aromatic heterocycles. The Balaban J connectivity index is 2.24. The molecule has 0 amide bonds. The summed E-state index contributed by atoms with van der Waals surface area (Å²) in [5.74, 6) is 1.11. The summed E-state index contributed by atoms with van der Waals surface area (Å²) >= 11 is 3.55. The maximum atomic E-state index is 3.55. The van der Waals surface area contributed by atoms with Gasteiger partial charge in [0, 0.05) is 16.3 Å². The molecule has 1 aromatic carbocycles. The van der Waals surface area contributed by atoms with Crippen LogP contribution in [-0.2, 0) is 0 Å². The van der Waals surface area contributed by atoms with Crippen molar-refractivity contribution in [1.82, 2.24) is 0 Å². The van der Waals surface area contributed by atoms with E-state index in [1.165, 1.54) is 21.2 Å². The molecule has 0 saturated carbocycles. The highest BCUT2D eigenvalue weighted by Gasteiger charge is 2.37. The second-order valence-electron chi connectivity index (χ2n) is 4.57. The molecule has 0 spiro atoms. The molecule has 0 radical (unpaired) electrons. The van der Waals surface area contributed by atoms with E-state index in [-0.39, 0.29) is 0 Å². The van der Waals surface area contributed by atoms with Gasteiger partial charge in [0.25, 0.3) is 0 Å². The first kappa shape index (κ1) is 9.41. The molecule has 0 aliphatic heterocycles. The first-order valence-electron chi connectivity index (χ1n) is 5.33. The minimum atomic E-state index is 0.549. The van der Waals surface area contributed by atoms with E-state index < -0.39 is 0 Å². The van der Waals surface area contributed by atoms with E-state index >= 15 is 0 Å². The minimum Gasteiger partial charge on any atom is -0.0760 e. The molecule has 2 bridgehead atoms. The van der Waals surface area contributed by atoms with Crippen LogP contribution in [0, 0.1) is 0 Å². The molecule has 76 valence electrons. The summed E-state index contributed by atoms with van der Waals surface area (Å²) in [6, 6.07) is 6.68. The number of fused-ring (bicyclic) bond motifs is 5. The summed E-state index contributed by atoms with van der Waals surface area (Å²) in [5, 5.41) is 0. The smallest absolute Gasteiger partial charge is 0.0243 e. The first-order valence-corrected chi connectivity index (χ1v) is 6.12. The number of allylic oxidation sites excluding steroid dienone is 4. The lowest BCUT2D eigenvalue weighted by molar-refractivity contribution is 0.992. The molecule has 1 heteroatoms. The lowest BCUT2D eigenvalue weighted by Gasteiger charge is -2.08. The summed E-state index contributed by atoms with van der Waals surface area (Å²) in [4.78, 5) is 0. The largest absolute Gasteiger partial charge is 0.0760 e. The van der Waals surface area contributed by atoms with Crippen molar-refractivity contribution in [2.45, 2.75) is 25.7 Å². The van der Waals surface area contributed by atoms with Crippen molar-refractivity contribution in [2.24, 2.45) is 0 Å². The van der Waals surface area contributed by atoms with Gasteiger partial charge < -0.3 is 0 Å². The molecular weight excluding hydrogens is 248 g/mol. The van der Waals surface area contributed by atoms with E-state index in [9.17, 15) is 0 Å². The fraction of sp³-hybridized carbons (Fsp3) is 0.286. The maximum Gasteiger partial charge on any atom is 0.0243 e. The van der Waals surface area contributed by atoms with Gasteiger partial charge in [-0.3, -0.25) is 0 Å². The maximum absolute atomic E-state index is 3.55. The third-order valence-electron chi connectivity index (χ3n) is 3.46. The molecule has 0 saturated heterocycles. The van der Waals surface area contributed by atoms with Gasteiger partial charge in [-0.05, 0) is 42.7 Å². The fourth-order valence-corrected chi connectivity index (χ4v) is 3.26. The Morgan fingerprint density at radius 1 is 1.07 bits per heavy atom. The molecule has 2 unspecified atom stereocenters. The predicted octanol–water partition coefficient (Wildman–Crippen LogP) is 4.54. The van der Waals surface area contributed by atoms with E-state index in [4.69, 9.17) is 0 Å². The number of rotatable bonds is 0. The van der Waals surface area contributed by atoms with E-state index in [2.05, 4.69) is 60.1 Å². The lowest BCUT2D eigenvalue weighted by Crippen LogP contribution is -1.91. The Hall–Kier alpha value is -0.820. The molecule has 1 aromatic rings. The van der Waals surface area contributed by atoms with Crippen LogP contribution in [0.15, 0.2) is 46.0 Å². The van der Waals surface area contributed by atoms with Crippen molar-refractivity contribution in [3.63, 3.8) is 0 Å². The van der Waals surface area contributed by atoms with Crippen molar-refractivity contribution < 1.29 is 0 Å². The van der Waals surface area contributed by atoms with Crippen molar-refractivity contribution in [3.8, 4) is 0 Å². The van der Waals surface area contributed by atoms with Crippen LogP contribution in [0.1, 0.15) is 36.8 Å². The number of benzene rings is 1. The van der Waals surface area contributed by atoms with Crippen molar-refractivity contribution in [1.29, 1.82) is 0 Å². The van der Waals surface area contributed by atoms with Crippen LogP contribution < -0.4 is 0 Å². The van der Waals surface area contributed by atoms with Gasteiger partial charge in [0.2, 0.25) is 0 Å². The second-order valence-corrected chi connectivity index (χ2v) is 5.48. The molecule has 0 heterocycles. The highest BCUT2D eigenvalue weighted by Crippen LogP contribution is 2.53. The SMILES string of the molecule is CC(C)=C1C2C=CC1c1cc(Br)ccc12. The van der Waals surface area contributed by atoms with Gasteiger partial charge in [-0.25, -0.2) is 0 Å². The number of hydrogen-bond acceptors (Lipinski definition) is 0. The molecule has 0 fully saturated rings. The van der Waals surface area contributed by atoms with Crippen LogP contribution >= 0.6 is 15.9 Å². The van der Waals surface area contributed by atoms with Crippen molar-refractivity contribution in [3.05, 3.63) is 57.1 Å². The Labute approximate surface area is 98.8 Å². The van der Waals surface area contributed by atoms with Crippen molar-refractivity contribution >= 4 is 15.9 Å². The monoisotopic (exact) mass is 260 g/mol. The third kappa shape index (κ3) is 1.19. The Morgan fingerprint density at radius 2 is 1.73 bits per heavy atom. The van der Waals surface area contributed by atoms with Crippen molar-refractivity contribution in [2.75, 3.05) is 0 Å². The highest BCUT2D eigenvalue weighted by atomic mass is 79.9. The van der Waals surface area contributed by atoms with Crippen LogP contribution in [0.3, 0.4) is 0 Å². The zero-order valence-corrected chi connectivity index (χ0v) is 10.5. The third-order valence-corrected chi connectivity index (χ3v) is 3.96. The summed E-state index contributed by atoms with van der Waals surface area (Å²) in [6.07, 6.45) is 4.70. The fourth-order valence-electron chi connectivity index (χ4n) is 2.89. The minimum absolute atomic E-state index is 0.549. The highest BCUT2D eigenvalue weighted by molar-refractivity contribution is 9.10. The Bertz CT molecular complexity index is 490. The molecular formula is C14H13Br. The van der Waals surface area contributed by atoms with E-state index in [1.54, 1.807) is 5.57 Å².